The number of aryl methyl sites for hydroxylation is 1. The van der Waals surface area contributed by atoms with E-state index in [-0.39, 0.29) is 0 Å². The number of aromatic nitrogens is 6. The average molecular weight is 454 g/mol. The lowest BCUT2D eigenvalue weighted by Gasteiger charge is -2.27. The number of nitrogens with zero attached hydrogens (tertiary/aromatic N) is 7. The summed E-state index contributed by atoms with van der Waals surface area (Å²) in [4.78, 5) is 2.20. The first-order valence-corrected chi connectivity index (χ1v) is 11.5. The highest BCUT2D eigenvalue weighted by atomic mass is 32.2. The molecule has 1 aliphatic heterocycles. The molecule has 4 aromatic rings. The quantitative estimate of drug-likeness (QED) is 0.386. The van der Waals surface area contributed by atoms with Gasteiger partial charge in [0.15, 0.2) is 5.16 Å². The summed E-state index contributed by atoms with van der Waals surface area (Å²) in [5.41, 5.74) is 2.33. The Morgan fingerprint density at radius 1 is 1.03 bits per heavy atom. The van der Waals surface area contributed by atoms with Crippen LogP contribution in [0.4, 0.5) is 5.95 Å². The molecule has 1 aromatic carbocycles. The van der Waals surface area contributed by atoms with E-state index in [1.54, 1.807) is 0 Å². The summed E-state index contributed by atoms with van der Waals surface area (Å²) >= 11 is 1.52. The monoisotopic (exact) mass is 453 g/mol. The van der Waals surface area contributed by atoms with Crippen LogP contribution in [-0.4, -0.2) is 56.4 Å². The van der Waals surface area contributed by atoms with Crippen LogP contribution < -0.4 is 4.90 Å². The second-order valence-corrected chi connectivity index (χ2v) is 8.19. The van der Waals surface area contributed by atoms with Crippen LogP contribution in [-0.2, 0) is 17.0 Å². The largest absolute Gasteiger partial charge is 0.420 e. The lowest BCUT2D eigenvalue weighted by molar-refractivity contribution is 0.121. The van der Waals surface area contributed by atoms with Gasteiger partial charge in [-0.15, -0.1) is 20.4 Å². The Bertz CT molecular complexity index is 1180. The van der Waals surface area contributed by atoms with Crippen molar-refractivity contribution < 1.29 is 13.7 Å². The maximum atomic E-state index is 5.96. The molecule has 1 fully saturated rings. The van der Waals surface area contributed by atoms with E-state index in [1.165, 1.54) is 11.8 Å². The number of benzene rings is 1. The van der Waals surface area contributed by atoms with E-state index in [9.17, 15) is 0 Å². The lowest BCUT2D eigenvalue weighted by Crippen LogP contribution is -2.38. The van der Waals surface area contributed by atoms with Gasteiger partial charge in [0.05, 0.1) is 19.0 Å². The Hall–Kier alpha value is -3.18. The Labute approximate surface area is 189 Å². The molecule has 0 bridgehead atoms. The predicted octanol–water partition coefficient (Wildman–Crippen LogP) is 3.44. The fourth-order valence-corrected chi connectivity index (χ4v) is 4.45. The Morgan fingerprint density at radius 3 is 2.62 bits per heavy atom. The minimum Gasteiger partial charge on any atom is -0.420 e. The molecule has 10 nitrogen and oxygen atoms in total. The number of hydrogen-bond donors (Lipinski definition) is 0. The number of rotatable bonds is 7. The number of morpholine rings is 1. The van der Waals surface area contributed by atoms with Crippen LogP contribution in [0.2, 0.25) is 0 Å². The zero-order valence-electron chi connectivity index (χ0n) is 17.9. The number of anilines is 1. The SMILES string of the molecule is CCn1c(SCc2nnc(-c3c(-c4ccccc4)noc3C)o2)nnc1N1CCOCC1. The molecule has 3 aromatic heterocycles. The highest BCUT2D eigenvalue weighted by molar-refractivity contribution is 7.98. The Balaban J connectivity index is 1.33. The molecule has 4 heterocycles. The first-order valence-electron chi connectivity index (χ1n) is 10.5. The lowest BCUT2D eigenvalue weighted by atomic mass is 10.1. The Kier molecular flexibility index (Phi) is 5.91. The standard InChI is InChI=1S/C21H23N7O3S/c1-3-28-20(27-9-11-29-12-10-27)24-25-21(28)32-13-16-22-23-19(30-16)17-14(2)31-26-18(17)15-7-5-4-6-8-15/h4-8H,3,9-13H2,1-2H3. The summed E-state index contributed by atoms with van der Waals surface area (Å²) in [6.45, 7) is 7.74. The van der Waals surface area contributed by atoms with Crippen LogP contribution in [0.25, 0.3) is 22.7 Å². The van der Waals surface area contributed by atoms with Gasteiger partial charge in [-0.3, -0.25) is 4.57 Å². The van der Waals surface area contributed by atoms with Crippen LogP contribution in [0.5, 0.6) is 0 Å². The number of ether oxygens (including phenoxy) is 1. The van der Waals surface area contributed by atoms with Gasteiger partial charge in [0.25, 0.3) is 5.89 Å². The van der Waals surface area contributed by atoms with Crippen molar-refractivity contribution in [1.29, 1.82) is 0 Å². The highest BCUT2D eigenvalue weighted by Crippen LogP contribution is 2.34. The van der Waals surface area contributed by atoms with Gasteiger partial charge in [-0.25, -0.2) is 0 Å². The van der Waals surface area contributed by atoms with Gasteiger partial charge in [-0.1, -0.05) is 47.3 Å². The molecule has 11 heteroatoms. The molecule has 0 N–H and O–H groups in total. The van der Waals surface area contributed by atoms with Gasteiger partial charge in [0.1, 0.15) is 17.0 Å². The summed E-state index contributed by atoms with van der Waals surface area (Å²) in [6, 6.07) is 9.80. The molecule has 1 saturated heterocycles. The fourth-order valence-electron chi connectivity index (χ4n) is 3.62. The van der Waals surface area contributed by atoms with Crippen LogP contribution >= 0.6 is 11.8 Å². The van der Waals surface area contributed by atoms with E-state index in [4.69, 9.17) is 13.7 Å². The zero-order valence-corrected chi connectivity index (χ0v) is 18.7. The van der Waals surface area contributed by atoms with Crippen molar-refractivity contribution in [3.8, 4) is 22.7 Å². The van der Waals surface area contributed by atoms with E-state index < -0.39 is 0 Å². The van der Waals surface area contributed by atoms with Gasteiger partial charge in [0, 0.05) is 25.2 Å². The summed E-state index contributed by atoms with van der Waals surface area (Å²) in [6.07, 6.45) is 0. The third kappa shape index (κ3) is 4.00. The third-order valence-corrected chi connectivity index (χ3v) is 6.17. The van der Waals surface area contributed by atoms with Gasteiger partial charge < -0.3 is 18.6 Å². The zero-order chi connectivity index (χ0) is 21.9. The Morgan fingerprint density at radius 2 is 1.84 bits per heavy atom. The smallest absolute Gasteiger partial charge is 0.253 e. The van der Waals surface area contributed by atoms with Gasteiger partial charge in [0.2, 0.25) is 11.8 Å². The molecule has 32 heavy (non-hydrogen) atoms. The maximum Gasteiger partial charge on any atom is 0.253 e. The molecule has 0 saturated carbocycles. The summed E-state index contributed by atoms with van der Waals surface area (Å²) in [7, 11) is 0. The molecule has 0 aliphatic carbocycles. The summed E-state index contributed by atoms with van der Waals surface area (Å²) in [5.74, 6) is 2.89. The van der Waals surface area contributed by atoms with Gasteiger partial charge in [-0.2, -0.15) is 0 Å². The minimum absolute atomic E-state index is 0.393. The third-order valence-electron chi connectivity index (χ3n) is 5.22. The molecular weight excluding hydrogens is 430 g/mol. The first kappa shape index (κ1) is 20.7. The van der Waals surface area contributed by atoms with Crippen molar-refractivity contribution in [2.75, 3.05) is 31.2 Å². The van der Waals surface area contributed by atoms with Crippen molar-refractivity contribution in [3.63, 3.8) is 0 Å². The van der Waals surface area contributed by atoms with Crippen LogP contribution in [0, 0.1) is 6.92 Å². The average Bonchev–Trinajstić information content (AvgIpc) is 3.56. The first-order chi connectivity index (χ1) is 15.7. The highest BCUT2D eigenvalue weighted by Gasteiger charge is 2.23. The molecule has 5 rings (SSSR count). The molecule has 0 spiro atoms. The van der Waals surface area contributed by atoms with Crippen molar-refractivity contribution in [1.82, 2.24) is 30.1 Å². The van der Waals surface area contributed by atoms with Crippen LogP contribution in [0.3, 0.4) is 0 Å². The molecule has 1 aliphatic rings. The minimum atomic E-state index is 0.393. The summed E-state index contributed by atoms with van der Waals surface area (Å²) in [5, 5.41) is 22.3. The van der Waals surface area contributed by atoms with Crippen molar-refractivity contribution in [3.05, 3.63) is 42.0 Å². The molecular formula is C21H23N7O3S. The van der Waals surface area contributed by atoms with Gasteiger partial charge in [-0.05, 0) is 13.8 Å². The van der Waals surface area contributed by atoms with Crippen LogP contribution in [0.1, 0.15) is 18.6 Å². The maximum absolute atomic E-state index is 5.96. The topological polar surface area (TPSA) is 108 Å². The van der Waals surface area contributed by atoms with Crippen molar-refractivity contribution >= 4 is 17.7 Å². The van der Waals surface area contributed by atoms with Crippen molar-refractivity contribution in [2.24, 2.45) is 0 Å². The molecule has 0 radical (unpaired) electrons. The number of thioether (sulfide) groups is 1. The predicted molar refractivity (Wildman–Crippen MR) is 118 cm³/mol. The van der Waals surface area contributed by atoms with E-state index >= 15 is 0 Å². The van der Waals surface area contributed by atoms with Gasteiger partial charge >= 0.3 is 0 Å². The van der Waals surface area contributed by atoms with E-state index in [1.807, 2.05) is 37.3 Å². The normalized spacial score (nSPS) is 14.2. The number of hydrogen-bond acceptors (Lipinski definition) is 10. The van der Waals surface area contributed by atoms with Crippen LogP contribution in [0.15, 0.2) is 44.4 Å². The molecule has 0 unspecified atom stereocenters. The fraction of sp³-hybridized carbons (Fsp3) is 0.381. The second kappa shape index (κ2) is 9.13. The van der Waals surface area contributed by atoms with E-state index in [0.717, 1.165) is 36.3 Å². The molecule has 166 valence electrons. The van der Waals surface area contributed by atoms with E-state index in [0.29, 0.717) is 47.8 Å². The van der Waals surface area contributed by atoms with Crippen molar-refractivity contribution in [2.45, 2.75) is 31.3 Å². The van der Waals surface area contributed by atoms with E-state index in [2.05, 4.69) is 41.9 Å². The second-order valence-electron chi connectivity index (χ2n) is 7.24. The molecule has 0 amide bonds. The molecule has 0 atom stereocenters. The summed E-state index contributed by atoms with van der Waals surface area (Å²) < 4.78 is 18.9.